The van der Waals surface area contributed by atoms with E-state index in [1.54, 1.807) is 12.3 Å². The van der Waals surface area contributed by atoms with E-state index in [4.69, 9.17) is 10.7 Å². The normalized spacial score (nSPS) is 13.0. The third-order valence-corrected chi connectivity index (χ3v) is 7.37. The lowest BCUT2D eigenvalue weighted by Gasteiger charge is -2.15. The number of primary amides is 1. The molecule has 202 valence electrons. The number of carbonyl (C=O) groups is 2. The molecule has 1 fully saturated rings. The van der Waals surface area contributed by atoms with E-state index in [-0.39, 0.29) is 5.91 Å². The number of imidazole rings is 1. The van der Waals surface area contributed by atoms with Gasteiger partial charge in [-0.05, 0) is 73.6 Å². The van der Waals surface area contributed by atoms with Gasteiger partial charge in [0, 0.05) is 35.3 Å². The highest BCUT2D eigenvalue weighted by atomic mass is 16.2. The Morgan fingerprint density at radius 1 is 1.00 bits per heavy atom. The second-order valence-electron chi connectivity index (χ2n) is 10.4. The van der Waals surface area contributed by atoms with Crippen LogP contribution in [0.3, 0.4) is 0 Å². The van der Waals surface area contributed by atoms with Crippen molar-refractivity contribution < 1.29 is 9.59 Å². The van der Waals surface area contributed by atoms with Gasteiger partial charge >= 0.3 is 0 Å². The zero-order valence-electron chi connectivity index (χ0n) is 22.3. The zero-order chi connectivity index (χ0) is 27.5. The number of benzene rings is 3. The summed E-state index contributed by atoms with van der Waals surface area (Å²) in [7, 11) is 0. The topological polar surface area (TPSA) is 119 Å². The van der Waals surface area contributed by atoms with Crippen LogP contribution in [0, 0.1) is 0 Å². The molecule has 0 radical (unpaired) electrons. The summed E-state index contributed by atoms with van der Waals surface area (Å²) in [6.07, 6.45) is 10.1. The van der Waals surface area contributed by atoms with Crippen LogP contribution < -0.4 is 11.1 Å². The summed E-state index contributed by atoms with van der Waals surface area (Å²) in [5.74, 6) is 0.318. The lowest BCUT2D eigenvalue weighted by molar-refractivity contribution is -0.121. The molecule has 2 amide bonds. The number of unbranched alkanes of at least 4 members (excludes halogenated alkanes) is 2. The number of hydrogen-bond donors (Lipinski definition) is 3. The number of H-pyrrole nitrogens is 1. The average molecular weight is 533 g/mol. The Morgan fingerprint density at radius 2 is 1.85 bits per heavy atom. The van der Waals surface area contributed by atoms with Crippen molar-refractivity contribution in [3.05, 3.63) is 90.4 Å². The van der Waals surface area contributed by atoms with Crippen LogP contribution >= 0.6 is 0 Å². The lowest BCUT2D eigenvalue weighted by Crippen LogP contribution is -2.24. The van der Waals surface area contributed by atoms with Gasteiger partial charge in [0.25, 0.3) is 0 Å². The molecule has 40 heavy (non-hydrogen) atoms. The first-order valence-corrected chi connectivity index (χ1v) is 13.9. The molecule has 1 aliphatic rings. The summed E-state index contributed by atoms with van der Waals surface area (Å²) < 4.78 is 2.04. The molecule has 0 spiro atoms. The highest BCUT2D eigenvalue weighted by Gasteiger charge is 2.23. The third kappa shape index (κ3) is 5.52. The minimum atomic E-state index is -0.505. The van der Waals surface area contributed by atoms with E-state index < -0.39 is 5.91 Å². The van der Waals surface area contributed by atoms with Crippen LogP contribution in [-0.4, -0.2) is 37.6 Å². The number of aromatic amines is 1. The molecular formula is C32H32N6O2. The Labute approximate surface area is 232 Å². The van der Waals surface area contributed by atoms with Gasteiger partial charge in [-0.3, -0.25) is 19.3 Å². The fourth-order valence-corrected chi connectivity index (χ4v) is 5.16. The van der Waals surface area contributed by atoms with Gasteiger partial charge in [0.05, 0.1) is 23.0 Å². The van der Waals surface area contributed by atoms with E-state index in [2.05, 4.69) is 21.6 Å². The molecule has 8 nitrogen and oxygen atoms in total. The van der Waals surface area contributed by atoms with Crippen LogP contribution in [0.5, 0.6) is 0 Å². The van der Waals surface area contributed by atoms with Gasteiger partial charge in [-0.25, -0.2) is 4.98 Å². The Balaban J connectivity index is 1.34. The monoisotopic (exact) mass is 532 g/mol. The molecule has 2 aromatic heterocycles. The number of fused-ring (bicyclic) bond motifs is 1. The van der Waals surface area contributed by atoms with Gasteiger partial charge in [-0.1, -0.05) is 42.8 Å². The van der Waals surface area contributed by atoms with E-state index in [0.717, 1.165) is 71.9 Å². The first-order chi connectivity index (χ1) is 19.6. The fraction of sp³-hybridized carbons (Fsp3) is 0.250. The summed E-state index contributed by atoms with van der Waals surface area (Å²) >= 11 is 0. The number of nitrogens with two attached hydrogens (primary N) is 1. The number of amides is 2. The molecule has 0 atom stereocenters. The van der Waals surface area contributed by atoms with Gasteiger partial charge < -0.3 is 11.1 Å². The number of rotatable bonds is 11. The largest absolute Gasteiger partial charge is 0.366 e. The number of para-hydroxylation sites is 1. The lowest BCUT2D eigenvalue weighted by atomic mass is 9.93. The molecule has 0 saturated heterocycles. The van der Waals surface area contributed by atoms with Crippen molar-refractivity contribution in [2.24, 2.45) is 5.73 Å². The maximum absolute atomic E-state index is 12.7. The number of aryl methyl sites for hydroxylation is 1. The van der Waals surface area contributed by atoms with Crippen molar-refractivity contribution in [1.29, 1.82) is 0 Å². The highest BCUT2D eigenvalue weighted by Crippen LogP contribution is 2.37. The minimum absolute atomic E-state index is 0.155. The van der Waals surface area contributed by atoms with Crippen molar-refractivity contribution >= 4 is 22.7 Å². The minimum Gasteiger partial charge on any atom is -0.366 e. The Kier molecular flexibility index (Phi) is 7.14. The van der Waals surface area contributed by atoms with E-state index in [1.165, 1.54) is 0 Å². The van der Waals surface area contributed by atoms with Gasteiger partial charge in [-0.15, -0.1) is 0 Å². The smallest absolute Gasteiger partial charge is 0.249 e. The first kappa shape index (κ1) is 25.6. The maximum atomic E-state index is 12.7. The van der Waals surface area contributed by atoms with Gasteiger partial charge in [0.1, 0.15) is 5.82 Å². The quantitative estimate of drug-likeness (QED) is 0.193. The van der Waals surface area contributed by atoms with E-state index in [9.17, 15) is 9.59 Å². The van der Waals surface area contributed by atoms with Crippen molar-refractivity contribution in [2.75, 3.05) is 0 Å². The summed E-state index contributed by atoms with van der Waals surface area (Å²) in [6, 6.07) is 22.1. The van der Waals surface area contributed by atoms with Crippen molar-refractivity contribution in [2.45, 2.75) is 51.0 Å². The molecule has 1 saturated carbocycles. The van der Waals surface area contributed by atoms with Gasteiger partial charge in [0.2, 0.25) is 11.8 Å². The van der Waals surface area contributed by atoms with Crippen LogP contribution in [0.1, 0.15) is 54.6 Å². The number of nitrogens with zero attached hydrogens (tertiary/aromatic N) is 3. The maximum Gasteiger partial charge on any atom is 0.249 e. The number of carbonyl (C=O) groups excluding carboxylic acids is 2. The summed E-state index contributed by atoms with van der Waals surface area (Å²) in [5, 5.41) is 11.2. The van der Waals surface area contributed by atoms with E-state index in [0.29, 0.717) is 29.4 Å². The van der Waals surface area contributed by atoms with E-state index >= 15 is 0 Å². The molecular weight excluding hydrogens is 500 g/mol. The van der Waals surface area contributed by atoms with Crippen LogP contribution in [0.15, 0.2) is 79.1 Å². The predicted octanol–water partition coefficient (Wildman–Crippen LogP) is 5.56. The molecule has 6 rings (SSSR count). The second-order valence-corrected chi connectivity index (χ2v) is 10.4. The first-order valence-electron chi connectivity index (χ1n) is 13.9. The van der Waals surface area contributed by atoms with Crippen LogP contribution in [0.2, 0.25) is 0 Å². The molecule has 5 aromatic rings. The van der Waals surface area contributed by atoms with Crippen LogP contribution in [0.4, 0.5) is 0 Å². The number of nitrogens with one attached hydrogen (secondary N) is 2. The molecule has 0 bridgehead atoms. The van der Waals surface area contributed by atoms with Crippen LogP contribution in [-0.2, 0) is 11.2 Å². The summed E-state index contributed by atoms with van der Waals surface area (Å²) in [5.41, 5.74) is 11.7. The SMILES string of the molecule is NC(=O)c1cccc(-c2ccc3[nH]ncc3c2)c1-c1nc(CCCCCC(=O)NC2CC2)cn1-c1ccccc1. The highest BCUT2D eigenvalue weighted by molar-refractivity contribution is 6.04. The molecule has 3 aromatic carbocycles. The number of hydrogen-bond acceptors (Lipinski definition) is 4. The molecule has 4 N–H and O–H groups in total. The molecule has 1 aliphatic carbocycles. The van der Waals surface area contributed by atoms with Gasteiger partial charge in [0.15, 0.2) is 0 Å². The zero-order valence-corrected chi connectivity index (χ0v) is 22.3. The Hall–Kier alpha value is -4.72. The van der Waals surface area contributed by atoms with Gasteiger partial charge in [-0.2, -0.15) is 5.10 Å². The Bertz CT molecular complexity index is 1670. The van der Waals surface area contributed by atoms with Crippen molar-refractivity contribution in [1.82, 2.24) is 25.1 Å². The van der Waals surface area contributed by atoms with Crippen molar-refractivity contribution in [3.63, 3.8) is 0 Å². The van der Waals surface area contributed by atoms with Crippen molar-refractivity contribution in [3.8, 4) is 28.2 Å². The number of aromatic nitrogens is 4. The summed E-state index contributed by atoms with van der Waals surface area (Å²) in [6.45, 7) is 0. The molecule has 0 aliphatic heterocycles. The van der Waals surface area contributed by atoms with Crippen LogP contribution in [0.25, 0.3) is 39.1 Å². The average Bonchev–Trinajstić information content (AvgIpc) is 3.48. The molecule has 8 heteroatoms. The predicted molar refractivity (Wildman–Crippen MR) is 156 cm³/mol. The standard InChI is InChI=1S/C32H32N6O2/c33-31(40)27-12-7-11-26(21-14-17-28-22(18-21)19-34-37-28)30(27)32-36-24(20-38(32)25-9-4-2-5-10-25)8-3-1-6-13-29(39)35-23-15-16-23/h2,4-5,7,9-12,14,17-20,23H,1,3,6,8,13,15-16H2,(H2,33,40)(H,34,37)(H,35,39). The van der Waals surface area contributed by atoms with E-state index in [1.807, 2.05) is 65.4 Å². The molecule has 2 heterocycles. The third-order valence-electron chi connectivity index (χ3n) is 7.37. The summed E-state index contributed by atoms with van der Waals surface area (Å²) in [4.78, 5) is 29.8. The second kappa shape index (κ2) is 11.2. The Morgan fingerprint density at radius 3 is 2.65 bits per heavy atom. The molecule has 0 unspecified atom stereocenters. The fourth-order valence-electron chi connectivity index (χ4n) is 5.16.